The summed E-state index contributed by atoms with van der Waals surface area (Å²) in [5, 5.41) is 15.3. The van der Waals surface area contributed by atoms with Crippen molar-refractivity contribution in [3.63, 3.8) is 0 Å². The van der Waals surface area contributed by atoms with Crippen LogP contribution in [0.3, 0.4) is 0 Å². The van der Waals surface area contributed by atoms with E-state index < -0.39 is 40.4 Å². The zero-order valence-corrected chi connectivity index (χ0v) is 18.8. The molecule has 2 aromatic rings. The Hall–Kier alpha value is -3.41. The molecule has 0 spiro atoms. The van der Waals surface area contributed by atoms with Crippen LogP contribution in [0.25, 0.3) is 5.69 Å². The second-order valence-corrected chi connectivity index (χ2v) is 9.03. The van der Waals surface area contributed by atoms with Crippen LogP contribution in [0.2, 0.25) is 0 Å². The van der Waals surface area contributed by atoms with E-state index in [4.69, 9.17) is 10.9 Å². The molecule has 0 radical (unpaired) electrons. The first-order valence-electron chi connectivity index (χ1n) is 10.7. The molecular weight excluding hydrogens is 455 g/mol. The van der Waals surface area contributed by atoms with Gasteiger partial charge in [-0.1, -0.05) is 13.8 Å². The van der Waals surface area contributed by atoms with Gasteiger partial charge in [0, 0.05) is 25.1 Å². The van der Waals surface area contributed by atoms with E-state index in [-0.39, 0.29) is 41.9 Å². The van der Waals surface area contributed by atoms with Crippen molar-refractivity contribution in [2.75, 3.05) is 11.9 Å². The quantitative estimate of drug-likeness (QED) is 0.259. The Labute approximate surface area is 193 Å². The predicted molar refractivity (Wildman–Crippen MR) is 116 cm³/mol. The number of Topliss-reactive ketones (excluding diaryl/α,β-unsaturated/α-hetero) is 1. The van der Waals surface area contributed by atoms with Crippen molar-refractivity contribution < 1.29 is 32.8 Å². The Bertz CT molecular complexity index is 1120. The number of nitrogens with two attached hydrogens (primary N) is 1. The number of nitrogens with zero attached hydrogens (tertiary/aromatic N) is 2. The monoisotopic (exact) mass is 481 g/mol. The molecule has 1 aromatic heterocycles. The molecule has 3 rings (SSSR count). The van der Waals surface area contributed by atoms with Gasteiger partial charge in [0.15, 0.2) is 11.5 Å². The van der Waals surface area contributed by atoms with Crippen LogP contribution in [-0.4, -0.2) is 39.1 Å². The van der Waals surface area contributed by atoms with Crippen molar-refractivity contribution >= 4 is 23.3 Å². The van der Waals surface area contributed by atoms with E-state index in [0.717, 1.165) is 4.68 Å². The van der Waals surface area contributed by atoms with Crippen molar-refractivity contribution in [1.82, 2.24) is 15.3 Å². The zero-order chi connectivity index (χ0) is 25.3. The lowest BCUT2D eigenvalue weighted by Crippen LogP contribution is -2.29. The Balaban J connectivity index is 1.98. The number of hydrogen-bond acceptors (Lipinski definition) is 6. The van der Waals surface area contributed by atoms with Gasteiger partial charge >= 0.3 is 6.18 Å². The van der Waals surface area contributed by atoms with Crippen LogP contribution in [0.4, 0.5) is 18.9 Å². The molecule has 9 nitrogen and oxygen atoms in total. The van der Waals surface area contributed by atoms with Crippen LogP contribution >= 0.6 is 0 Å². The number of ketones is 1. The number of halogens is 3. The van der Waals surface area contributed by atoms with Gasteiger partial charge in [0.2, 0.25) is 5.91 Å². The number of alkyl halides is 3. The SMILES string of the molecule is CC1(C)CC(=O)c2c(C(F)(F)F)nn(-c3ccc(C(N)=O)c(NCCCCC(=O)NO)c3)c2C1. The summed E-state index contributed by atoms with van der Waals surface area (Å²) in [6.07, 6.45) is -3.55. The third-order valence-corrected chi connectivity index (χ3v) is 5.60. The first kappa shape index (κ1) is 25.2. The van der Waals surface area contributed by atoms with Gasteiger partial charge < -0.3 is 11.1 Å². The number of rotatable bonds is 8. The van der Waals surface area contributed by atoms with E-state index in [9.17, 15) is 27.6 Å². The number of benzene rings is 1. The maximum Gasteiger partial charge on any atom is 0.435 e. The minimum atomic E-state index is -4.80. The van der Waals surface area contributed by atoms with E-state index in [1.54, 1.807) is 13.8 Å². The van der Waals surface area contributed by atoms with Crippen LogP contribution in [0.5, 0.6) is 0 Å². The minimum absolute atomic E-state index is 0.0174. The van der Waals surface area contributed by atoms with Crippen molar-refractivity contribution in [2.45, 2.75) is 52.1 Å². The Kier molecular flexibility index (Phi) is 7.01. The first-order valence-corrected chi connectivity index (χ1v) is 10.7. The lowest BCUT2D eigenvalue weighted by molar-refractivity contribution is -0.141. The van der Waals surface area contributed by atoms with Crippen molar-refractivity contribution in [3.8, 4) is 5.69 Å². The van der Waals surface area contributed by atoms with Gasteiger partial charge in [-0.2, -0.15) is 18.3 Å². The molecule has 5 N–H and O–H groups in total. The van der Waals surface area contributed by atoms with Crippen LogP contribution in [0.15, 0.2) is 18.2 Å². The number of unbranched alkanes of at least 4 members (excludes halogenated alkanes) is 1. The summed E-state index contributed by atoms with van der Waals surface area (Å²) in [6, 6.07) is 4.27. The van der Waals surface area contributed by atoms with Crippen molar-refractivity contribution in [3.05, 3.63) is 40.7 Å². The van der Waals surface area contributed by atoms with E-state index in [1.165, 1.54) is 23.7 Å². The lowest BCUT2D eigenvalue weighted by atomic mass is 9.75. The number of anilines is 1. The van der Waals surface area contributed by atoms with Gasteiger partial charge in [0.1, 0.15) is 0 Å². The fourth-order valence-corrected chi connectivity index (χ4v) is 4.07. The maximum absolute atomic E-state index is 13.7. The number of amides is 2. The highest BCUT2D eigenvalue weighted by Gasteiger charge is 2.45. The molecule has 0 saturated heterocycles. The van der Waals surface area contributed by atoms with Gasteiger partial charge in [0.05, 0.1) is 22.5 Å². The lowest BCUT2D eigenvalue weighted by Gasteiger charge is -2.29. The van der Waals surface area contributed by atoms with Crippen LogP contribution in [-0.2, 0) is 17.4 Å². The summed E-state index contributed by atoms with van der Waals surface area (Å²) in [5.41, 5.74) is 5.62. The fraction of sp³-hybridized carbons (Fsp3) is 0.455. The molecule has 1 heterocycles. The topological polar surface area (TPSA) is 139 Å². The Morgan fingerprint density at radius 2 is 1.94 bits per heavy atom. The van der Waals surface area contributed by atoms with Crippen molar-refractivity contribution in [1.29, 1.82) is 0 Å². The largest absolute Gasteiger partial charge is 0.435 e. The van der Waals surface area contributed by atoms with E-state index in [2.05, 4.69) is 10.4 Å². The number of primary amides is 1. The number of carbonyl (C=O) groups is 3. The second-order valence-electron chi connectivity index (χ2n) is 9.03. The summed E-state index contributed by atoms with van der Waals surface area (Å²) >= 11 is 0. The van der Waals surface area contributed by atoms with Crippen LogP contribution in [0.1, 0.15) is 71.6 Å². The third-order valence-electron chi connectivity index (χ3n) is 5.60. The highest BCUT2D eigenvalue weighted by molar-refractivity contribution is 6.00. The van der Waals surface area contributed by atoms with Gasteiger partial charge in [0.25, 0.3) is 5.91 Å². The summed E-state index contributed by atoms with van der Waals surface area (Å²) < 4.78 is 42.2. The standard InChI is InChI=1S/C22H26F3N5O4/c1-21(2)10-15-18(16(31)11-21)19(22(23,24)25)28-30(15)12-6-7-13(20(26)33)14(9-12)27-8-4-3-5-17(32)29-34/h6-7,9,27,34H,3-5,8,10-11H2,1-2H3,(H2,26,33)(H,29,32). The van der Waals surface area contributed by atoms with Crippen LogP contribution < -0.4 is 16.5 Å². The molecule has 184 valence electrons. The molecule has 0 unspecified atom stereocenters. The molecule has 0 atom stereocenters. The highest BCUT2D eigenvalue weighted by Crippen LogP contribution is 2.42. The van der Waals surface area contributed by atoms with E-state index in [0.29, 0.717) is 19.4 Å². The molecule has 1 aliphatic rings. The van der Waals surface area contributed by atoms with E-state index >= 15 is 0 Å². The molecule has 1 aromatic carbocycles. The number of fused-ring (bicyclic) bond motifs is 1. The minimum Gasteiger partial charge on any atom is -0.384 e. The molecule has 12 heteroatoms. The molecule has 1 aliphatic carbocycles. The normalized spacial score (nSPS) is 15.1. The average Bonchev–Trinajstić information content (AvgIpc) is 3.12. The predicted octanol–water partition coefficient (Wildman–Crippen LogP) is 3.23. The van der Waals surface area contributed by atoms with Gasteiger partial charge in [-0.15, -0.1) is 0 Å². The molecule has 0 aliphatic heterocycles. The van der Waals surface area contributed by atoms with E-state index in [1.807, 2.05) is 0 Å². The Morgan fingerprint density at radius 1 is 1.24 bits per heavy atom. The molecule has 0 saturated carbocycles. The first-order chi connectivity index (χ1) is 15.8. The van der Waals surface area contributed by atoms with Crippen LogP contribution in [0, 0.1) is 5.41 Å². The number of aromatic nitrogens is 2. The smallest absolute Gasteiger partial charge is 0.384 e. The molecule has 2 amide bonds. The summed E-state index contributed by atoms with van der Waals surface area (Å²) in [7, 11) is 0. The van der Waals surface area contributed by atoms with Gasteiger partial charge in [-0.3, -0.25) is 19.6 Å². The Morgan fingerprint density at radius 3 is 2.56 bits per heavy atom. The highest BCUT2D eigenvalue weighted by atomic mass is 19.4. The second kappa shape index (κ2) is 9.45. The van der Waals surface area contributed by atoms with Gasteiger partial charge in [-0.25, -0.2) is 10.2 Å². The zero-order valence-electron chi connectivity index (χ0n) is 18.8. The number of hydroxylamine groups is 1. The number of carbonyl (C=O) groups excluding carboxylic acids is 3. The molecule has 0 bridgehead atoms. The number of hydrogen-bond donors (Lipinski definition) is 4. The molecule has 34 heavy (non-hydrogen) atoms. The fourth-order valence-electron chi connectivity index (χ4n) is 4.07. The van der Waals surface area contributed by atoms with Crippen molar-refractivity contribution in [2.24, 2.45) is 11.1 Å². The summed E-state index contributed by atoms with van der Waals surface area (Å²) in [5.74, 6) is -1.87. The summed E-state index contributed by atoms with van der Waals surface area (Å²) in [4.78, 5) is 35.6. The maximum atomic E-state index is 13.7. The summed E-state index contributed by atoms with van der Waals surface area (Å²) in [6.45, 7) is 3.94. The third kappa shape index (κ3) is 5.38. The molecular formula is C22H26F3N5O4. The van der Waals surface area contributed by atoms with Gasteiger partial charge in [-0.05, 0) is 42.9 Å². The number of nitrogens with one attached hydrogen (secondary N) is 2. The average molecular weight is 481 g/mol. The molecule has 0 fully saturated rings.